The summed E-state index contributed by atoms with van der Waals surface area (Å²) in [7, 11) is 0. The lowest BCUT2D eigenvalue weighted by molar-refractivity contribution is -0.127. The number of carbonyl (C=O) groups excluding carboxylic acids is 1. The van der Waals surface area contributed by atoms with Crippen LogP contribution in [0.15, 0.2) is 18.5 Å². The van der Waals surface area contributed by atoms with Crippen molar-refractivity contribution in [1.82, 2.24) is 15.1 Å². The molecule has 5 nitrogen and oxygen atoms in total. The van der Waals surface area contributed by atoms with Crippen LogP contribution in [0, 0.1) is 5.41 Å². The van der Waals surface area contributed by atoms with Crippen molar-refractivity contribution in [3.8, 4) is 0 Å². The van der Waals surface area contributed by atoms with E-state index in [-0.39, 0.29) is 5.91 Å². The SMILES string of the molecule is O=C(Cn1cccn1)NC1CCC12CCOCC2. The van der Waals surface area contributed by atoms with Crippen LogP contribution in [0.2, 0.25) is 0 Å². The molecule has 1 atom stereocenters. The maximum atomic E-state index is 11.9. The van der Waals surface area contributed by atoms with Gasteiger partial charge in [-0.25, -0.2) is 0 Å². The number of ether oxygens (including phenoxy) is 1. The minimum atomic E-state index is 0.0641. The second kappa shape index (κ2) is 4.72. The molecule has 18 heavy (non-hydrogen) atoms. The maximum Gasteiger partial charge on any atom is 0.241 e. The summed E-state index contributed by atoms with van der Waals surface area (Å²) in [5.74, 6) is 0.0641. The Kier molecular flexibility index (Phi) is 3.07. The lowest BCUT2D eigenvalue weighted by Gasteiger charge is -2.52. The van der Waals surface area contributed by atoms with Gasteiger partial charge >= 0.3 is 0 Å². The Balaban J connectivity index is 1.55. The van der Waals surface area contributed by atoms with Crippen LogP contribution in [0.3, 0.4) is 0 Å². The van der Waals surface area contributed by atoms with Crippen LogP contribution < -0.4 is 5.32 Å². The Morgan fingerprint density at radius 3 is 2.89 bits per heavy atom. The Morgan fingerprint density at radius 1 is 1.44 bits per heavy atom. The van der Waals surface area contributed by atoms with E-state index in [9.17, 15) is 4.79 Å². The van der Waals surface area contributed by atoms with Gasteiger partial charge in [0.1, 0.15) is 6.54 Å². The zero-order valence-corrected chi connectivity index (χ0v) is 10.5. The molecule has 1 aliphatic carbocycles. The zero-order chi connectivity index (χ0) is 12.4. The first-order valence-corrected chi connectivity index (χ1v) is 6.63. The maximum absolute atomic E-state index is 11.9. The first-order valence-electron chi connectivity index (χ1n) is 6.63. The Bertz CT molecular complexity index is 410. The molecular formula is C13H19N3O2. The molecule has 1 unspecified atom stereocenters. The summed E-state index contributed by atoms with van der Waals surface area (Å²) in [4.78, 5) is 11.9. The van der Waals surface area contributed by atoms with Crippen molar-refractivity contribution >= 4 is 5.91 Å². The topological polar surface area (TPSA) is 56.2 Å². The highest BCUT2D eigenvalue weighted by Crippen LogP contribution is 2.48. The minimum Gasteiger partial charge on any atom is -0.381 e. The molecule has 1 aromatic heterocycles. The van der Waals surface area contributed by atoms with Crippen molar-refractivity contribution < 1.29 is 9.53 Å². The van der Waals surface area contributed by atoms with E-state index < -0.39 is 0 Å². The van der Waals surface area contributed by atoms with Crippen LogP contribution in [0.25, 0.3) is 0 Å². The van der Waals surface area contributed by atoms with Crippen LogP contribution in [0.4, 0.5) is 0 Å². The number of nitrogens with zero attached hydrogens (tertiary/aromatic N) is 2. The molecule has 5 heteroatoms. The van der Waals surface area contributed by atoms with Crippen LogP contribution in [0.1, 0.15) is 25.7 Å². The van der Waals surface area contributed by atoms with E-state index in [0.29, 0.717) is 18.0 Å². The van der Waals surface area contributed by atoms with Crippen molar-refractivity contribution in [2.75, 3.05) is 13.2 Å². The standard InChI is InChI=1S/C13H19N3O2/c17-12(10-16-7-1-6-14-16)15-11-2-3-13(11)4-8-18-9-5-13/h1,6-7,11H,2-5,8-10H2,(H,15,17). The number of hydrogen-bond acceptors (Lipinski definition) is 3. The molecule has 1 saturated carbocycles. The van der Waals surface area contributed by atoms with E-state index in [1.807, 2.05) is 12.3 Å². The van der Waals surface area contributed by atoms with Crippen molar-refractivity contribution in [3.63, 3.8) is 0 Å². The highest BCUT2D eigenvalue weighted by molar-refractivity contribution is 5.76. The second-order valence-electron chi connectivity index (χ2n) is 5.34. The fourth-order valence-corrected chi connectivity index (χ4v) is 3.08. The van der Waals surface area contributed by atoms with Crippen molar-refractivity contribution in [3.05, 3.63) is 18.5 Å². The summed E-state index contributed by atoms with van der Waals surface area (Å²) in [5.41, 5.74) is 0.317. The van der Waals surface area contributed by atoms with Gasteiger partial charge in [0.25, 0.3) is 0 Å². The molecule has 98 valence electrons. The van der Waals surface area contributed by atoms with Gasteiger partial charge in [-0.3, -0.25) is 9.48 Å². The van der Waals surface area contributed by atoms with Crippen LogP contribution in [-0.2, 0) is 16.1 Å². The third-order valence-electron chi connectivity index (χ3n) is 4.36. The highest BCUT2D eigenvalue weighted by atomic mass is 16.5. The fraction of sp³-hybridized carbons (Fsp3) is 0.692. The van der Waals surface area contributed by atoms with Crippen molar-refractivity contribution in [2.24, 2.45) is 5.41 Å². The van der Waals surface area contributed by atoms with Gasteiger partial charge in [0.15, 0.2) is 0 Å². The molecule has 0 radical (unpaired) electrons. The number of aromatic nitrogens is 2. The molecule has 2 fully saturated rings. The van der Waals surface area contributed by atoms with E-state index in [1.54, 1.807) is 10.9 Å². The van der Waals surface area contributed by atoms with E-state index in [2.05, 4.69) is 10.4 Å². The molecule has 1 aliphatic heterocycles. The van der Waals surface area contributed by atoms with Gasteiger partial charge in [0.05, 0.1) is 0 Å². The van der Waals surface area contributed by atoms with E-state index in [0.717, 1.165) is 32.5 Å². The third kappa shape index (κ3) is 2.14. The van der Waals surface area contributed by atoms with Gasteiger partial charge in [-0.2, -0.15) is 5.10 Å². The van der Waals surface area contributed by atoms with E-state index in [1.165, 1.54) is 6.42 Å². The summed E-state index contributed by atoms with van der Waals surface area (Å²) < 4.78 is 7.07. The predicted molar refractivity (Wildman–Crippen MR) is 65.9 cm³/mol. The lowest BCUT2D eigenvalue weighted by Crippen LogP contribution is -2.57. The number of carbonyl (C=O) groups is 1. The van der Waals surface area contributed by atoms with Gasteiger partial charge in [-0.05, 0) is 37.2 Å². The summed E-state index contributed by atoms with van der Waals surface area (Å²) in [6.07, 6.45) is 7.99. The van der Waals surface area contributed by atoms with Gasteiger partial charge in [0, 0.05) is 31.6 Å². The third-order valence-corrected chi connectivity index (χ3v) is 4.36. The quantitative estimate of drug-likeness (QED) is 0.868. The molecule has 1 N–H and O–H groups in total. The fourth-order valence-electron chi connectivity index (χ4n) is 3.08. The highest BCUT2D eigenvalue weighted by Gasteiger charge is 2.47. The number of rotatable bonds is 3. The molecule has 1 spiro atoms. The lowest BCUT2D eigenvalue weighted by atomic mass is 9.60. The molecule has 2 aliphatic rings. The number of amides is 1. The first kappa shape index (κ1) is 11.7. The minimum absolute atomic E-state index is 0.0641. The van der Waals surface area contributed by atoms with Gasteiger partial charge in [-0.15, -0.1) is 0 Å². The van der Waals surface area contributed by atoms with Crippen LogP contribution in [0.5, 0.6) is 0 Å². The molecule has 1 saturated heterocycles. The number of hydrogen-bond donors (Lipinski definition) is 1. The normalized spacial score (nSPS) is 25.7. The number of nitrogens with one attached hydrogen (secondary N) is 1. The Morgan fingerprint density at radius 2 is 2.28 bits per heavy atom. The van der Waals surface area contributed by atoms with Crippen molar-refractivity contribution in [2.45, 2.75) is 38.3 Å². The molecule has 0 bridgehead atoms. The molecule has 1 aromatic rings. The van der Waals surface area contributed by atoms with Crippen molar-refractivity contribution in [1.29, 1.82) is 0 Å². The van der Waals surface area contributed by atoms with E-state index >= 15 is 0 Å². The van der Waals surface area contributed by atoms with Gasteiger partial charge in [-0.1, -0.05) is 0 Å². The zero-order valence-electron chi connectivity index (χ0n) is 10.5. The van der Waals surface area contributed by atoms with E-state index in [4.69, 9.17) is 4.74 Å². The second-order valence-corrected chi connectivity index (χ2v) is 5.34. The van der Waals surface area contributed by atoms with Gasteiger partial charge in [0.2, 0.25) is 5.91 Å². The summed E-state index contributed by atoms with van der Waals surface area (Å²) in [6, 6.07) is 2.17. The summed E-state index contributed by atoms with van der Waals surface area (Å²) in [5, 5.41) is 7.21. The molecule has 0 aromatic carbocycles. The smallest absolute Gasteiger partial charge is 0.241 e. The molecule has 1 amide bonds. The summed E-state index contributed by atoms with van der Waals surface area (Å²) >= 11 is 0. The largest absolute Gasteiger partial charge is 0.381 e. The Hall–Kier alpha value is -1.36. The molecule has 3 rings (SSSR count). The summed E-state index contributed by atoms with van der Waals surface area (Å²) in [6.45, 7) is 1.99. The van der Waals surface area contributed by atoms with Gasteiger partial charge < -0.3 is 10.1 Å². The molecular weight excluding hydrogens is 230 g/mol. The predicted octanol–water partition coefficient (Wildman–Crippen LogP) is 0.958. The average Bonchev–Trinajstić information content (AvgIpc) is 2.88. The first-order chi connectivity index (χ1) is 8.78. The monoisotopic (exact) mass is 249 g/mol. The van der Waals surface area contributed by atoms with Crippen LogP contribution >= 0.6 is 0 Å². The molecule has 2 heterocycles. The van der Waals surface area contributed by atoms with Crippen LogP contribution in [-0.4, -0.2) is 34.9 Å². The Labute approximate surface area is 107 Å². The average molecular weight is 249 g/mol.